The van der Waals surface area contributed by atoms with Crippen LogP contribution in [0.3, 0.4) is 0 Å². The summed E-state index contributed by atoms with van der Waals surface area (Å²) in [5.41, 5.74) is 7.40. The fraction of sp³-hybridized carbons (Fsp3) is 0.0667. The number of rotatable bonds is 3. The third kappa shape index (κ3) is 3.15. The number of benzene rings is 2. The summed E-state index contributed by atoms with van der Waals surface area (Å²) in [6.07, 6.45) is 0. The number of nitrogens with zero attached hydrogens (tertiary/aromatic N) is 1. The number of hydrogen-bond acceptors (Lipinski definition) is 3. The standard InChI is InChI=1S/C15H12ClN3O/c16-13-7-6-12(8-11(13)9-17)19-15(20)14(18)10-4-2-1-3-5-10/h1-8,14H,18H2,(H,19,20)/t14-/m1/s1. The first-order chi connectivity index (χ1) is 9.61. The van der Waals surface area contributed by atoms with Gasteiger partial charge in [-0.3, -0.25) is 4.79 Å². The largest absolute Gasteiger partial charge is 0.324 e. The van der Waals surface area contributed by atoms with E-state index in [0.29, 0.717) is 16.3 Å². The van der Waals surface area contributed by atoms with Crippen LogP contribution in [0.1, 0.15) is 17.2 Å². The van der Waals surface area contributed by atoms with Crippen LogP contribution in [0.4, 0.5) is 5.69 Å². The van der Waals surface area contributed by atoms with Gasteiger partial charge in [0.25, 0.3) is 0 Å². The summed E-state index contributed by atoms with van der Waals surface area (Å²) in [6, 6.07) is 14.9. The van der Waals surface area contributed by atoms with Gasteiger partial charge in [-0.25, -0.2) is 0 Å². The van der Waals surface area contributed by atoms with Crippen molar-refractivity contribution in [3.8, 4) is 6.07 Å². The number of hydrogen-bond donors (Lipinski definition) is 2. The molecule has 4 nitrogen and oxygen atoms in total. The van der Waals surface area contributed by atoms with Gasteiger partial charge in [0.2, 0.25) is 5.91 Å². The first-order valence-electron chi connectivity index (χ1n) is 5.93. The van der Waals surface area contributed by atoms with Crippen LogP contribution in [-0.4, -0.2) is 5.91 Å². The van der Waals surface area contributed by atoms with Crippen LogP contribution in [-0.2, 0) is 4.79 Å². The van der Waals surface area contributed by atoms with Crippen molar-refractivity contribution >= 4 is 23.2 Å². The van der Waals surface area contributed by atoms with E-state index in [2.05, 4.69) is 5.32 Å². The number of anilines is 1. The van der Waals surface area contributed by atoms with E-state index >= 15 is 0 Å². The third-order valence-corrected chi connectivity index (χ3v) is 3.13. The predicted octanol–water partition coefficient (Wildman–Crippen LogP) is 2.85. The molecule has 2 rings (SSSR count). The van der Waals surface area contributed by atoms with Gasteiger partial charge in [0.1, 0.15) is 12.1 Å². The Kier molecular flexibility index (Phi) is 4.36. The van der Waals surface area contributed by atoms with Gasteiger partial charge in [0.15, 0.2) is 0 Å². The minimum Gasteiger partial charge on any atom is -0.324 e. The Balaban J connectivity index is 2.14. The van der Waals surface area contributed by atoms with Gasteiger partial charge < -0.3 is 11.1 Å². The fourth-order valence-corrected chi connectivity index (χ4v) is 1.88. The molecule has 0 heterocycles. The van der Waals surface area contributed by atoms with Crippen molar-refractivity contribution < 1.29 is 4.79 Å². The Morgan fingerprint density at radius 1 is 1.25 bits per heavy atom. The van der Waals surface area contributed by atoms with Gasteiger partial charge in [-0.05, 0) is 23.8 Å². The summed E-state index contributed by atoms with van der Waals surface area (Å²) in [4.78, 5) is 12.0. The molecule has 0 saturated carbocycles. The molecular weight excluding hydrogens is 274 g/mol. The van der Waals surface area contributed by atoms with E-state index in [1.165, 1.54) is 6.07 Å². The van der Waals surface area contributed by atoms with Gasteiger partial charge in [0.05, 0.1) is 10.6 Å². The molecule has 0 aliphatic heterocycles. The highest BCUT2D eigenvalue weighted by molar-refractivity contribution is 6.31. The SMILES string of the molecule is N#Cc1cc(NC(=O)[C@H](N)c2ccccc2)ccc1Cl. The van der Waals surface area contributed by atoms with Crippen LogP contribution in [0.15, 0.2) is 48.5 Å². The lowest BCUT2D eigenvalue weighted by Gasteiger charge is -2.12. The molecular formula is C15H12ClN3O. The monoisotopic (exact) mass is 285 g/mol. The fourth-order valence-electron chi connectivity index (χ4n) is 1.72. The summed E-state index contributed by atoms with van der Waals surface area (Å²) < 4.78 is 0. The first-order valence-corrected chi connectivity index (χ1v) is 6.30. The Bertz CT molecular complexity index is 665. The molecule has 3 N–H and O–H groups in total. The summed E-state index contributed by atoms with van der Waals surface area (Å²) >= 11 is 5.83. The number of amides is 1. The van der Waals surface area contributed by atoms with Crippen molar-refractivity contribution in [2.75, 3.05) is 5.32 Å². The van der Waals surface area contributed by atoms with Gasteiger partial charge >= 0.3 is 0 Å². The normalized spacial score (nSPS) is 11.4. The molecule has 0 aliphatic carbocycles. The van der Waals surface area contributed by atoms with Crippen LogP contribution >= 0.6 is 11.6 Å². The van der Waals surface area contributed by atoms with Gasteiger partial charge in [-0.1, -0.05) is 41.9 Å². The maximum atomic E-state index is 12.0. The molecule has 2 aromatic carbocycles. The lowest BCUT2D eigenvalue weighted by atomic mass is 10.1. The van der Waals surface area contributed by atoms with E-state index in [4.69, 9.17) is 22.6 Å². The molecule has 0 bridgehead atoms. The summed E-state index contributed by atoms with van der Waals surface area (Å²) in [6.45, 7) is 0. The summed E-state index contributed by atoms with van der Waals surface area (Å²) in [7, 11) is 0. The van der Waals surface area contributed by atoms with E-state index < -0.39 is 6.04 Å². The maximum Gasteiger partial charge on any atom is 0.245 e. The van der Waals surface area contributed by atoms with Crippen LogP contribution < -0.4 is 11.1 Å². The smallest absolute Gasteiger partial charge is 0.245 e. The second kappa shape index (κ2) is 6.20. The van der Waals surface area contributed by atoms with E-state index in [1.807, 2.05) is 24.3 Å². The van der Waals surface area contributed by atoms with E-state index in [-0.39, 0.29) is 5.91 Å². The molecule has 2 aromatic rings. The third-order valence-electron chi connectivity index (χ3n) is 2.80. The Hall–Kier alpha value is -2.35. The highest BCUT2D eigenvalue weighted by Gasteiger charge is 2.15. The molecule has 0 saturated heterocycles. The molecule has 0 unspecified atom stereocenters. The summed E-state index contributed by atoms with van der Waals surface area (Å²) in [5, 5.41) is 11.9. The number of nitrogens with one attached hydrogen (secondary N) is 1. The molecule has 5 heteroatoms. The van der Waals surface area contributed by atoms with Crippen molar-refractivity contribution in [2.45, 2.75) is 6.04 Å². The maximum absolute atomic E-state index is 12.0. The Labute approximate surface area is 121 Å². The lowest BCUT2D eigenvalue weighted by Crippen LogP contribution is -2.27. The van der Waals surface area contributed by atoms with Crippen molar-refractivity contribution in [1.82, 2.24) is 0 Å². The van der Waals surface area contributed by atoms with Gasteiger partial charge in [0, 0.05) is 5.69 Å². The highest BCUT2D eigenvalue weighted by Crippen LogP contribution is 2.20. The zero-order valence-corrected chi connectivity index (χ0v) is 11.3. The molecule has 100 valence electrons. The summed E-state index contributed by atoms with van der Waals surface area (Å²) in [5.74, 6) is -0.345. The topological polar surface area (TPSA) is 78.9 Å². The average Bonchev–Trinajstić information content (AvgIpc) is 2.49. The van der Waals surface area contributed by atoms with Gasteiger partial charge in [-0.2, -0.15) is 5.26 Å². The zero-order chi connectivity index (χ0) is 14.5. The van der Waals surface area contributed by atoms with Crippen LogP contribution in [0.2, 0.25) is 5.02 Å². The van der Waals surface area contributed by atoms with Crippen molar-refractivity contribution in [1.29, 1.82) is 5.26 Å². The molecule has 0 aliphatic rings. The van der Waals surface area contributed by atoms with Crippen molar-refractivity contribution in [3.05, 3.63) is 64.7 Å². The number of nitriles is 1. The van der Waals surface area contributed by atoms with Crippen molar-refractivity contribution in [2.24, 2.45) is 5.73 Å². The van der Waals surface area contributed by atoms with Crippen LogP contribution in [0.5, 0.6) is 0 Å². The predicted molar refractivity (Wildman–Crippen MR) is 78.2 cm³/mol. The van der Waals surface area contributed by atoms with Crippen molar-refractivity contribution in [3.63, 3.8) is 0 Å². The van der Waals surface area contributed by atoms with Gasteiger partial charge in [-0.15, -0.1) is 0 Å². The molecule has 0 radical (unpaired) electrons. The van der Waals surface area contributed by atoms with E-state index in [1.54, 1.807) is 24.3 Å². The minimum atomic E-state index is -0.766. The Morgan fingerprint density at radius 3 is 2.60 bits per heavy atom. The number of nitrogens with two attached hydrogens (primary N) is 1. The second-order valence-corrected chi connectivity index (χ2v) is 4.59. The quantitative estimate of drug-likeness (QED) is 0.910. The molecule has 0 fully saturated rings. The molecule has 0 spiro atoms. The highest BCUT2D eigenvalue weighted by atomic mass is 35.5. The molecule has 20 heavy (non-hydrogen) atoms. The zero-order valence-electron chi connectivity index (χ0n) is 10.5. The van der Waals surface area contributed by atoms with E-state index in [0.717, 1.165) is 5.56 Å². The molecule has 0 aromatic heterocycles. The first kappa shape index (κ1) is 14.1. The number of carbonyl (C=O) groups excluding carboxylic acids is 1. The Morgan fingerprint density at radius 2 is 1.95 bits per heavy atom. The van der Waals surface area contributed by atoms with E-state index in [9.17, 15) is 4.79 Å². The van der Waals surface area contributed by atoms with Crippen LogP contribution in [0, 0.1) is 11.3 Å². The number of carbonyl (C=O) groups is 1. The molecule has 1 amide bonds. The lowest BCUT2D eigenvalue weighted by molar-refractivity contribution is -0.117. The minimum absolute atomic E-state index is 0.303. The van der Waals surface area contributed by atoms with Crippen LogP contribution in [0.25, 0.3) is 0 Å². The number of halogens is 1. The second-order valence-electron chi connectivity index (χ2n) is 4.18. The average molecular weight is 286 g/mol. The molecule has 1 atom stereocenters.